The van der Waals surface area contributed by atoms with Crippen molar-refractivity contribution in [2.45, 2.75) is 38.6 Å². The molecule has 1 aliphatic carbocycles. The molecule has 0 saturated heterocycles. The molecular weight excluding hydrogens is 347 g/mol. The Morgan fingerprint density at radius 2 is 1.75 bits per heavy atom. The molecule has 1 heterocycles. The van der Waals surface area contributed by atoms with Gasteiger partial charge in [-0.1, -0.05) is 36.0 Å². The third kappa shape index (κ3) is 4.36. The quantitative estimate of drug-likeness (QED) is 0.837. The Morgan fingerprint density at radius 1 is 1.08 bits per heavy atom. The first-order valence-corrected chi connectivity index (χ1v) is 8.65. The molecule has 0 atom stereocenters. The molecule has 1 amide bonds. The van der Waals surface area contributed by atoms with Crippen molar-refractivity contribution in [1.29, 1.82) is 0 Å². The summed E-state index contributed by atoms with van der Waals surface area (Å²) in [4.78, 5) is 20.9. The average molecular weight is 365 g/mol. The fourth-order valence-electron chi connectivity index (χ4n) is 2.85. The minimum atomic E-state index is -0.167. The maximum Gasteiger partial charge on any atom is 0.270 e. The van der Waals surface area contributed by atoms with Crippen LogP contribution in [0.2, 0.25) is 10.0 Å². The average Bonchev–Trinajstić information content (AvgIpc) is 2.98. The lowest BCUT2D eigenvalue weighted by molar-refractivity contribution is 0.0932. The molecule has 1 fully saturated rings. The van der Waals surface area contributed by atoms with Crippen LogP contribution in [0.1, 0.15) is 42.0 Å². The van der Waals surface area contributed by atoms with E-state index in [0.29, 0.717) is 33.1 Å². The van der Waals surface area contributed by atoms with Crippen molar-refractivity contribution in [2.24, 2.45) is 0 Å². The normalized spacial score (nSPS) is 14.6. The van der Waals surface area contributed by atoms with Gasteiger partial charge < -0.3 is 10.6 Å². The molecule has 24 heavy (non-hydrogen) atoms. The van der Waals surface area contributed by atoms with E-state index in [-0.39, 0.29) is 11.9 Å². The Bertz CT molecular complexity index is 740. The number of hydrogen-bond acceptors (Lipinski definition) is 4. The minimum absolute atomic E-state index is 0.167. The summed E-state index contributed by atoms with van der Waals surface area (Å²) in [6, 6.07) is 7.01. The van der Waals surface area contributed by atoms with E-state index < -0.39 is 0 Å². The van der Waals surface area contributed by atoms with Crippen LogP contribution in [0.3, 0.4) is 0 Å². The maximum absolute atomic E-state index is 12.4. The highest BCUT2D eigenvalue weighted by Crippen LogP contribution is 2.25. The second-order valence-electron chi connectivity index (χ2n) is 5.92. The molecule has 2 aromatic rings. The number of aromatic nitrogens is 2. The van der Waals surface area contributed by atoms with Crippen LogP contribution in [-0.4, -0.2) is 21.9 Å². The molecular formula is C17H18Cl2N4O. The summed E-state index contributed by atoms with van der Waals surface area (Å²) in [7, 11) is 0. The van der Waals surface area contributed by atoms with Gasteiger partial charge in [0.05, 0.1) is 0 Å². The molecule has 0 spiro atoms. The molecule has 7 heteroatoms. The van der Waals surface area contributed by atoms with Gasteiger partial charge in [-0.25, -0.2) is 9.97 Å². The second-order valence-corrected chi connectivity index (χ2v) is 6.80. The second kappa shape index (κ2) is 7.36. The van der Waals surface area contributed by atoms with E-state index in [1.165, 1.54) is 0 Å². The van der Waals surface area contributed by atoms with Crippen molar-refractivity contribution in [3.63, 3.8) is 0 Å². The first kappa shape index (κ1) is 17.0. The Morgan fingerprint density at radius 3 is 2.42 bits per heavy atom. The molecule has 126 valence electrons. The highest BCUT2D eigenvalue weighted by atomic mass is 35.5. The lowest BCUT2D eigenvalue weighted by Gasteiger charge is -2.13. The molecule has 0 radical (unpaired) electrons. The van der Waals surface area contributed by atoms with Crippen LogP contribution in [0.5, 0.6) is 0 Å². The van der Waals surface area contributed by atoms with E-state index in [0.717, 1.165) is 25.7 Å². The first-order valence-electron chi connectivity index (χ1n) is 7.89. The number of rotatable bonds is 4. The number of carbonyl (C=O) groups excluding carboxylic acids is 1. The number of benzene rings is 1. The Labute approximate surface area is 150 Å². The molecule has 0 bridgehead atoms. The van der Waals surface area contributed by atoms with Gasteiger partial charge in [-0.05, 0) is 38.0 Å². The van der Waals surface area contributed by atoms with E-state index in [1.54, 1.807) is 31.2 Å². The van der Waals surface area contributed by atoms with E-state index in [1.807, 2.05) is 0 Å². The summed E-state index contributed by atoms with van der Waals surface area (Å²) in [5, 5.41) is 7.19. The number of nitrogens with zero attached hydrogens (tertiary/aromatic N) is 2. The SMILES string of the molecule is Cc1nc(Nc2cc(Cl)cc(Cl)c2)cc(C(=O)NC2CCCC2)n1. The predicted molar refractivity (Wildman–Crippen MR) is 96.2 cm³/mol. The van der Waals surface area contributed by atoms with E-state index in [4.69, 9.17) is 23.2 Å². The van der Waals surface area contributed by atoms with Gasteiger partial charge in [-0.3, -0.25) is 4.79 Å². The molecule has 1 saturated carbocycles. The highest BCUT2D eigenvalue weighted by Gasteiger charge is 2.19. The number of halogens is 2. The highest BCUT2D eigenvalue weighted by molar-refractivity contribution is 6.35. The largest absolute Gasteiger partial charge is 0.348 e. The molecule has 1 aromatic carbocycles. The van der Waals surface area contributed by atoms with Gasteiger partial charge in [-0.2, -0.15) is 0 Å². The van der Waals surface area contributed by atoms with Gasteiger partial charge in [0.2, 0.25) is 0 Å². The van der Waals surface area contributed by atoms with Gasteiger partial charge >= 0.3 is 0 Å². The van der Waals surface area contributed by atoms with Crippen molar-refractivity contribution in [1.82, 2.24) is 15.3 Å². The summed E-state index contributed by atoms with van der Waals surface area (Å²) in [5.41, 5.74) is 1.05. The first-order chi connectivity index (χ1) is 11.5. The number of hydrogen-bond donors (Lipinski definition) is 2. The zero-order valence-electron chi connectivity index (χ0n) is 13.3. The van der Waals surface area contributed by atoms with Crippen molar-refractivity contribution in [3.8, 4) is 0 Å². The fourth-order valence-corrected chi connectivity index (χ4v) is 3.38. The van der Waals surface area contributed by atoms with Gasteiger partial charge in [0.1, 0.15) is 17.3 Å². The van der Waals surface area contributed by atoms with Crippen molar-refractivity contribution in [2.75, 3.05) is 5.32 Å². The standard InChI is InChI=1S/C17H18Cl2N4O/c1-10-20-15(17(24)23-13-4-2-3-5-13)9-16(21-10)22-14-7-11(18)6-12(19)8-14/h6-9,13H,2-5H2,1H3,(H,23,24)(H,20,21,22). The lowest BCUT2D eigenvalue weighted by Crippen LogP contribution is -2.33. The summed E-state index contributed by atoms with van der Waals surface area (Å²) < 4.78 is 0. The van der Waals surface area contributed by atoms with Crippen LogP contribution in [0.15, 0.2) is 24.3 Å². The molecule has 0 aliphatic heterocycles. The zero-order chi connectivity index (χ0) is 17.1. The Hall–Kier alpha value is -1.85. The van der Waals surface area contributed by atoms with Gasteiger partial charge in [0.15, 0.2) is 0 Å². The third-order valence-electron chi connectivity index (χ3n) is 3.90. The summed E-state index contributed by atoms with van der Waals surface area (Å²) in [6.45, 7) is 1.75. The smallest absolute Gasteiger partial charge is 0.270 e. The van der Waals surface area contributed by atoms with E-state index in [9.17, 15) is 4.79 Å². The van der Waals surface area contributed by atoms with Gasteiger partial charge in [-0.15, -0.1) is 0 Å². The summed E-state index contributed by atoms with van der Waals surface area (Å²) in [5.74, 6) is 0.877. The molecule has 3 rings (SSSR count). The third-order valence-corrected chi connectivity index (χ3v) is 4.33. The van der Waals surface area contributed by atoms with Gasteiger partial charge in [0, 0.05) is 27.8 Å². The monoisotopic (exact) mass is 364 g/mol. The number of anilines is 2. The summed E-state index contributed by atoms with van der Waals surface area (Å²) in [6.07, 6.45) is 4.38. The van der Waals surface area contributed by atoms with E-state index in [2.05, 4.69) is 20.6 Å². The van der Waals surface area contributed by atoms with Crippen LogP contribution >= 0.6 is 23.2 Å². The van der Waals surface area contributed by atoms with Crippen LogP contribution < -0.4 is 10.6 Å². The van der Waals surface area contributed by atoms with Crippen LogP contribution in [0, 0.1) is 6.92 Å². The number of amides is 1. The van der Waals surface area contributed by atoms with Crippen LogP contribution in [0.25, 0.3) is 0 Å². The molecule has 1 aliphatic rings. The van der Waals surface area contributed by atoms with Crippen molar-refractivity contribution in [3.05, 3.63) is 45.8 Å². The molecule has 5 nitrogen and oxygen atoms in total. The number of carbonyl (C=O) groups is 1. The number of aryl methyl sites for hydroxylation is 1. The van der Waals surface area contributed by atoms with Crippen LogP contribution in [0.4, 0.5) is 11.5 Å². The topological polar surface area (TPSA) is 66.9 Å². The van der Waals surface area contributed by atoms with Crippen molar-refractivity contribution >= 4 is 40.6 Å². The molecule has 2 N–H and O–H groups in total. The van der Waals surface area contributed by atoms with E-state index >= 15 is 0 Å². The summed E-state index contributed by atoms with van der Waals surface area (Å²) >= 11 is 12.0. The molecule has 1 aromatic heterocycles. The zero-order valence-corrected chi connectivity index (χ0v) is 14.8. The number of nitrogens with one attached hydrogen (secondary N) is 2. The molecule has 0 unspecified atom stereocenters. The fraction of sp³-hybridized carbons (Fsp3) is 0.353. The predicted octanol–water partition coefficient (Wildman–Crippen LogP) is 4.51. The Balaban J connectivity index is 1.79. The minimum Gasteiger partial charge on any atom is -0.348 e. The van der Waals surface area contributed by atoms with Crippen molar-refractivity contribution < 1.29 is 4.79 Å². The van der Waals surface area contributed by atoms with Crippen LogP contribution in [-0.2, 0) is 0 Å². The van der Waals surface area contributed by atoms with Gasteiger partial charge in [0.25, 0.3) is 5.91 Å². The Kier molecular flexibility index (Phi) is 5.21. The lowest BCUT2D eigenvalue weighted by atomic mass is 10.2. The maximum atomic E-state index is 12.4.